The molecule has 1 aliphatic heterocycles. The van der Waals surface area contributed by atoms with Gasteiger partial charge in [-0.25, -0.2) is 4.39 Å². The zero-order valence-corrected chi connectivity index (χ0v) is 16.9. The van der Waals surface area contributed by atoms with Gasteiger partial charge in [0.2, 0.25) is 0 Å². The van der Waals surface area contributed by atoms with Crippen molar-refractivity contribution >= 4 is 11.7 Å². The lowest BCUT2D eigenvalue weighted by molar-refractivity contribution is 0.0735. The molecular weight excluding hydrogens is 383 g/mol. The number of hydrogen-bond acceptors (Lipinski definition) is 5. The number of piperazine rings is 1. The van der Waals surface area contributed by atoms with E-state index in [4.69, 9.17) is 0 Å². The van der Waals surface area contributed by atoms with Crippen LogP contribution in [0, 0.1) is 5.82 Å². The topological polar surface area (TPSA) is 67.2 Å². The Morgan fingerprint density at radius 3 is 2.53 bits per heavy atom. The fourth-order valence-electron chi connectivity index (χ4n) is 4.20. The summed E-state index contributed by atoms with van der Waals surface area (Å²) in [4.78, 5) is 17.1. The van der Waals surface area contributed by atoms with Crippen molar-refractivity contribution in [1.82, 2.24) is 24.9 Å². The number of rotatable bonds is 3. The van der Waals surface area contributed by atoms with Gasteiger partial charge >= 0.3 is 0 Å². The molecule has 0 N–H and O–H groups in total. The third-order valence-electron chi connectivity index (χ3n) is 5.94. The molecule has 0 unspecified atom stereocenters. The summed E-state index contributed by atoms with van der Waals surface area (Å²) < 4.78 is 14.8. The highest BCUT2D eigenvalue weighted by molar-refractivity contribution is 5.94. The van der Waals surface area contributed by atoms with Crippen LogP contribution >= 0.6 is 0 Å². The van der Waals surface area contributed by atoms with Crippen LogP contribution in [0.2, 0.25) is 0 Å². The van der Waals surface area contributed by atoms with E-state index in [9.17, 15) is 9.18 Å². The molecule has 3 heterocycles. The molecule has 30 heavy (non-hydrogen) atoms. The number of carbonyl (C=O) groups excluding carboxylic acids is 1. The average Bonchev–Trinajstić information content (AvgIpc) is 3.40. The van der Waals surface area contributed by atoms with Crippen molar-refractivity contribution in [2.24, 2.45) is 7.05 Å². The van der Waals surface area contributed by atoms with Crippen LogP contribution in [-0.4, -0.2) is 57.0 Å². The number of aromatic nitrogens is 4. The molecule has 7 nitrogen and oxygen atoms in total. The maximum atomic E-state index is 13.2. The van der Waals surface area contributed by atoms with E-state index in [2.05, 4.69) is 26.3 Å². The van der Waals surface area contributed by atoms with Gasteiger partial charge in [0.1, 0.15) is 11.5 Å². The highest BCUT2D eigenvalue weighted by atomic mass is 19.1. The van der Waals surface area contributed by atoms with E-state index >= 15 is 0 Å². The Bertz CT molecular complexity index is 1090. The number of nitrogens with zero attached hydrogens (tertiary/aromatic N) is 6. The maximum absolute atomic E-state index is 13.2. The van der Waals surface area contributed by atoms with E-state index in [1.54, 1.807) is 29.9 Å². The summed E-state index contributed by atoms with van der Waals surface area (Å²) in [5, 5.41) is 13.2. The van der Waals surface area contributed by atoms with Gasteiger partial charge in [0, 0.05) is 38.8 Å². The minimum atomic E-state index is -0.295. The highest BCUT2D eigenvalue weighted by Crippen LogP contribution is 2.24. The monoisotopic (exact) mass is 406 g/mol. The molecule has 5 rings (SSSR count). The van der Waals surface area contributed by atoms with Crippen molar-refractivity contribution in [3.8, 4) is 11.3 Å². The number of aryl methyl sites for hydroxylation is 3. The molecule has 154 valence electrons. The lowest BCUT2D eigenvalue weighted by Gasteiger charge is -2.35. The number of anilines is 1. The van der Waals surface area contributed by atoms with Crippen molar-refractivity contribution < 1.29 is 9.18 Å². The minimum absolute atomic E-state index is 0.0435. The summed E-state index contributed by atoms with van der Waals surface area (Å²) >= 11 is 0. The Balaban J connectivity index is 1.27. The second-order valence-electron chi connectivity index (χ2n) is 7.85. The van der Waals surface area contributed by atoms with Crippen molar-refractivity contribution in [3.63, 3.8) is 0 Å². The number of carbonyl (C=O) groups is 1. The van der Waals surface area contributed by atoms with E-state index in [-0.39, 0.29) is 11.7 Å². The van der Waals surface area contributed by atoms with Crippen molar-refractivity contribution in [3.05, 3.63) is 59.2 Å². The third kappa shape index (κ3) is 3.42. The van der Waals surface area contributed by atoms with E-state index in [1.807, 2.05) is 4.90 Å². The Morgan fingerprint density at radius 1 is 1.00 bits per heavy atom. The summed E-state index contributed by atoms with van der Waals surface area (Å²) in [5.74, 6) is 0.567. The predicted molar refractivity (Wildman–Crippen MR) is 111 cm³/mol. The van der Waals surface area contributed by atoms with Crippen LogP contribution in [0.1, 0.15) is 28.2 Å². The third-order valence-corrected chi connectivity index (χ3v) is 5.94. The molecular formula is C22H23FN6O. The van der Waals surface area contributed by atoms with Gasteiger partial charge in [-0.3, -0.25) is 9.48 Å². The number of fused-ring (bicyclic) bond motifs is 1. The summed E-state index contributed by atoms with van der Waals surface area (Å²) in [5.41, 5.74) is 4.40. The second kappa shape index (κ2) is 7.51. The minimum Gasteiger partial charge on any atom is -0.352 e. The molecule has 1 aliphatic carbocycles. The van der Waals surface area contributed by atoms with Gasteiger partial charge < -0.3 is 9.80 Å². The number of amides is 1. The molecule has 3 aromatic rings. The number of hydrogen-bond donors (Lipinski definition) is 0. The van der Waals surface area contributed by atoms with Crippen LogP contribution in [-0.2, 0) is 19.9 Å². The Hall–Kier alpha value is -3.29. The van der Waals surface area contributed by atoms with E-state index in [1.165, 1.54) is 17.7 Å². The molecule has 1 saturated heterocycles. The second-order valence-corrected chi connectivity index (χ2v) is 7.85. The summed E-state index contributed by atoms with van der Waals surface area (Å²) in [7, 11) is 1.76. The van der Waals surface area contributed by atoms with Gasteiger partial charge in [0.25, 0.3) is 5.91 Å². The van der Waals surface area contributed by atoms with Crippen LogP contribution in [0.3, 0.4) is 0 Å². The molecule has 2 aromatic heterocycles. The molecule has 0 bridgehead atoms. The molecule has 0 saturated carbocycles. The predicted octanol–water partition coefficient (Wildman–Crippen LogP) is 2.47. The fourth-order valence-corrected chi connectivity index (χ4v) is 4.20. The lowest BCUT2D eigenvalue weighted by Crippen LogP contribution is -2.49. The van der Waals surface area contributed by atoms with Crippen LogP contribution in [0.5, 0.6) is 0 Å². The number of halogens is 1. The van der Waals surface area contributed by atoms with Gasteiger partial charge in [-0.05, 0) is 61.2 Å². The highest BCUT2D eigenvalue weighted by Gasteiger charge is 2.26. The van der Waals surface area contributed by atoms with E-state index in [0.717, 1.165) is 49.4 Å². The molecule has 2 aliphatic rings. The molecule has 8 heteroatoms. The van der Waals surface area contributed by atoms with Gasteiger partial charge in [-0.2, -0.15) is 10.2 Å². The first-order chi connectivity index (χ1) is 14.6. The van der Waals surface area contributed by atoms with Crippen molar-refractivity contribution in [1.29, 1.82) is 0 Å². The average molecular weight is 406 g/mol. The van der Waals surface area contributed by atoms with E-state index < -0.39 is 0 Å². The Labute approximate surface area is 174 Å². The molecule has 0 spiro atoms. The zero-order chi connectivity index (χ0) is 20.7. The van der Waals surface area contributed by atoms with Crippen molar-refractivity contribution in [2.45, 2.75) is 19.3 Å². The molecule has 0 atom stereocenters. The van der Waals surface area contributed by atoms with Gasteiger partial charge in [-0.15, -0.1) is 5.10 Å². The Morgan fingerprint density at radius 2 is 1.77 bits per heavy atom. The summed E-state index contributed by atoms with van der Waals surface area (Å²) in [6.45, 7) is 2.69. The van der Waals surface area contributed by atoms with Gasteiger partial charge in [-0.1, -0.05) is 0 Å². The summed E-state index contributed by atoms with van der Waals surface area (Å²) in [6.07, 6.45) is 3.25. The van der Waals surface area contributed by atoms with Crippen LogP contribution < -0.4 is 4.90 Å². The van der Waals surface area contributed by atoms with Crippen LogP contribution in [0.4, 0.5) is 10.2 Å². The SMILES string of the molecule is Cn1nc(-c2ccc(F)cc2)cc1C(=O)N1CCN(c2cc3c(nn2)CCC3)CC1. The maximum Gasteiger partial charge on any atom is 0.272 e. The molecule has 0 radical (unpaired) electrons. The van der Waals surface area contributed by atoms with Gasteiger partial charge in [0.05, 0.1) is 11.4 Å². The standard InChI is InChI=1S/C22H23FN6O/c1-27-20(14-19(26-27)15-5-7-17(23)8-6-15)22(30)29-11-9-28(10-12-29)21-13-16-3-2-4-18(16)24-25-21/h5-8,13-14H,2-4,9-12H2,1H3. The normalized spacial score (nSPS) is 16.1. The number of benzene rings is 1. The largest absolute Gasteiger partial charge is 0.352 e. The van der Waals surface area contributed by atoms with Gasteiger partial charge in [0.15, 0.2) is 5.82 Å². The smallest absolute Gasteiger partial charge is 0.272 e. The lowest BCUT2D eigenvalue weighted by atomic mass is 10.1. The van der Waals surface area contributed by atoms with Crippen LogP contribution in [0.15, 0.2) is 36.4 Å². The first-order valence-electron chi connectivity index (χ1n) is 10.3. The quantitative estimate of drug-likeness (QED) is 0.669. The first kappa shape index (κ1) is 18.7. The van der Waals surface area contributed by atoms with E-state index in [0.29, 0.717) is 24.5 Å². The molecule has 1 amide bonds. The first-order valence-corrected chi connectivity index (χ1v) is 10.3. The molecule has 1 aromatic carbocycles. The van der Waals surface area contributed by atoms with Crippen LogP contribution in [0.25, 0.3) is 11.3 Å². The Kier molecular flexibility index (Phi) is 4.69. The zero-order valence-electron chi connectivity index (χ0n) is 16.9. The van der Waals surface area contributed by atoms with Crippen molar-refractivity contribution in [2.75, 3.05) is 31.1 Å². The fraction of sp³-hybridized carbons (Fsp3) is 0.364. The molecule has 1 fully saturated rings. The summed E-state index contributed by atoms with van der Waals surface area (Å²) in [6, 6.07) is 10.1.